The summed E-state index contributed by atoms with van der Waals surface area (Å²) >= 11 is 5.79. The molecule has 5 nitrogen and oxygen atoms in total. The predicted octanol–water partition coefficient (Wildman–Crippen LogP) is 2.38. The molecule has 23 heavy (non-hydrogen) atoms. The normalized spacial score (nSPS) is 18.8. The van der Waals surface area contributed by atoms with Crippen molar-refractivity contribution in [2.45, 2.75) is 25.6 Å². The van der Waals surface area contributed by atoms with Crippen LogP contribution in [0.15, 0.2) is 12.3 Å². The second-order valence-corrected chi connectivity index (χ2v) is 5.78. The number of piperazine rings is 1. The first-order chi connectivity index (χ1) is 10.8. The second-order valence-electron chi connectivity index (χ2n) is 5.37. The van der Waals surface area contributed by atoms with Crippen molar-refractivity contribution in [3.05, 3.63) is 22.8 Å². The Hall–Kier alpha value is -1.54. The van der Waals surface area contributed by atoms with Gasteiger partial charge in [0.05, 0.1) is 10.6 Å². The molecule has 2 N–H and O–H groups in total. The van der Waals surface area contributed by atoms with Crippen LogP contribution in [0.2, 0.25) is 5.02 Å². The van der Waals surface area contributed by atoms with Gasteiger partial charge in [-0.05, 0) is 13.0 Å². The summed E-state index contributed by atoms with van der Waals surface area (Å²) in [5.41, 5.74) is -0.904. The van der Waals surface area contributed by atoms with Crippen LogP contribution < -0.4 is 10.6 Å². The third kappa shape index (κ3) is 4.71. The van der Waals surface area contributed by atoms with Crippen molar-refractivity contribution in [2.24, 2.45) is 0 Å². The maximum Gasteiger partial charge on any atom is 0.417 e. The van der Waals surface area contributed by atoms with E-state index < -0.39 is 11.7 Å². The number of aromatic nitrogens is 1. The van der Waals surface area contributed by atoms with Gasteiger partial charge < -0.3 is 15.5 Å². The summed E-state index contributed by atoms with van der Waals surface area (Å²) in [5.74, 6) is 0.135. The van der Waals surface area contributed by atoms with Gasteiger partial charge in [-0.1, -0.05) is 11.6 Å². The topological polar surface area (TPSA) is 57.3 Å². The first-order valence-corrected chi connectivity index (χ1v) is 7.63. The smallest absolute Gasteiger partial charge is 0.368 e. The fourth-order valence-corrected chi connectivity index (χ4v) is 2.60. The van der Waals surface area contributed by atoms with E-state index in [4.69, 9.17) is 11.6 Å². The lowest BCUT2D eigenvalue weighted by Crippen LogP contribution is -2.52. The summed E-state index contributed by atoms with van der Waals surface area (Å²) in [7, 11) is 0. The molecule has 2 heterocycles. The van der Waals surface area contributed by atoms with Gasteiger partial charge in [-0.25, -0.2) is 4.98 Å². The molecule has 0 saturated carbocycles. The Balaban J connectivity index is 1.87. The van der Waals surface area contributed by atoms with Gasteiger partial charge in [0.25, 0.3) is 0 Å². The zero-order chi connectivity index (χ0) is 17.0. The Kier molecular flexibility index (Phi) is 5.69. The molecule has 0 aromatic carbocycles. The highest BCUT2D eigenvalue weighted by Crippen LogP contribution is 2.32. The van der Waals surface area contributed by atoms with Gasteiger partial charge in [-0.3, -0.25) is 4.79 Å². The zero-order valence-corrected chi connectivity index (χ0v) is 13.3. The lowest BCUT2D eigenvalue weighted by molar-refractivity contribution is -0.137. The Morgan fingerprint density at radius 1 is 1.57 bits per heavy atom. The maximum absolute atomic E-state index is 12.5. The van der Waals surface area contributed by atoms with Crippen LogP contribution in [-0.2, 0) is 11.0 Å². The van der Waals surface area contributed by atoms with E-state index in [-0.39, 0.29) is 35.8 Å². The molecule has 1 unspecified atom stereocenters. The molecule has 0 radical (unpaired) electrons. The molecular formula is C14H18ClF3N4O. The Morgan fingerprint density at radius 2 is 2.30 bits per heavy atom. The summed E-state index contributed by atoms with van der Waals surface area (Å²) in [5, 5.41) is 5.88. The minimum atomic E-state index is -4.48. The van der Waals surface area contributed by atoms with Crippen molar-refractivity contribution in [3.8, 4) is 0 Å². The Bertz CT molecular complexity index is 567. The molecule has 1 aliphatic rings. The predicted molar refractivity (Wildman–Crippen MR) is 81.4 cm³/mol. The number of amides is 1. The molecule has 1 atom stereocenters. The highest BCUT2D eigenvalue weighted by molar-refractivity contribution is 6.32. The fourth-order valence-electron chi connectivity index (χ4n) is 2.37. The van der Waals surface area contributed by atoms with E-state index in [1.807, 2.05) is 6.92 Å². The van der Waals surface area contributed by atoms with Gasteiger partial charge in [-0.15, -0.1) is 0 Å². The molecule has 1 aliphatic heterocycles. The van der Waals surface area contributed by atoms with Crippen LogP contribution in [0.4, 0.5) is 19.0 Å². The highest BCUT2D eigenvalue weighted by Gasteiger charge is 2.31. The number of carbonyl (C=O) groups excluding carboxylic acids is 1. The first kappa shape index (κ1) is 17.8. The standard InChI is InChI=1S/C14H18ClF3N4O/c1-9-7-19-4-5-22(9)12(23)2-3-20-13-11(15)6-10(8-21-13)14(16,17)18/h6,8-9,19H,2-5,7H2,1H3,(H,20,21). The molecule has 1 aromatic rings. The van der Waals surface area contributed by atoms with Gasteiger partial charge in [0.1, 0.15) is 5.82 Å². The molecule has 128 valence electrons. The lowest BCUT2D eigenvalue weighted by Gasteiger charge is -2.34. The number of rotatable bonds is 4. The minimum Gasteiger partial charge on any atom is -0.368 e. The van der Waals surface area contributed by atoms with Gasteiger partial charge in [0.2, 0.25) is 5.91 Å². The molecule has 1 aromatic heterocycles. The van der Waals surface area contributed by atoms with Crippen molar-refractivity contribution in [1.82, 2.24) is 15.2 Å². The minimum absolute atomic E-state index is 0.00506. The third-order valence-corrected chi connectivity index (χ3v) is 3.91. The van der Waals surface area contributed by atoms with Crippen molar-refractivity contribution in [3.63, 3.8) is 0 Å². The van der Waals surface area contributed by atoms with Crippen LogP contribution >= 0.6 is 11.6 Å². The van der Waals surface area contributed by atoms with E-state index in [0.717, 1.165) is 19.2 Å². The number of pyridine rings is 1. The van der Waals surface area contributed by atoms with Crippen molar-refractivity contribution in [1.29, 1.82) is 0 Å². The molecule has 9 heteroatoms. The Labute approximate surface area is 137 Å². The van der Waals surface area contributed by atoms with E-state index in [1.165, 1.54) is 0 Å². The first-order valence-electron chi connectivity index (χ1n) is 7.26. The average Bonchev–Trinajstić information content (AvgIpc) is 2.48. The van der Waals surface area contributed by atoms with Crippen LogP contribution in [0.1, 0.15) is 18.9 Å². The Morgan fingerprint density at radius 3 is 2.91 bits per heavy atom. The molecule has 0 aliphatic carbocycles. The van der Waals surface area contributed by atoms with Crippen molar-refractivity contribution >= 4 is 23.3 Å². The summed E-state index contributed by atoms with van der Waals surface area (Å²) in [6.45, 7) is 4.39. The molecular weight excluding hydrogens is 333 g/mol. The molecule has 1 saturated heterocycles. The average molecular weight is 351 g/mol. The van der Waals surface area contributed by atoms with Gasteiger partial charge in [0, 0.05) is 44.8 Å². The number of nitrogens with one attached hydrogen (secondary N) is 2. The maximum atomic E-state index is 12.5. The summed E-state index contributed by atoms with van der Waals surface area (Å²) in [4.78, 5) is 17.6. The molecule has 1 fully saturated rings. The molecule has 0 spiro atoms. The molecule has 0 bridgehead atoms. The van der Waals surface area contributed by atoms with E-state index in [2.05, 4.69) is 15.6 Å². The van der Waals surface area contributed by atoms with Gasteiger partial charge >= 0.3 is 6.18 Å². The largest absolute Gasteiger partial charge is 0.417 e. The summed E-state index contributed by atoms with van der Waals surface area (Å²) in [6.07, 6.45) is -3.54. The second kappa shape index (κ2) is 7.35. The van der Waals surface area contributed by atoms with Gasteiger partial charge in [0.15, 0.2) is 0 Å². The van der Waals surface area contributed by atoms with E-state index in [0.29, 0.717) is 12.7 Å². The zero-order valence-electron chi connectivity index (χ0n) is 12.6. The van der Waals surface area contributed by atoms with Crippen LogP contribution in [-0.4, -0.2) is 48.0 Å². The fraction of sp³-hybridized carbons (Fsp3) is 0.571. The van der Waals surface area contributed by atoms with Gasteiger partial charge in [-0.2, -0.15) is 13.2 Å². The molecule has 1 amide bonds. The highest BCUT2D eigenvalue weighted by atomic mass is 35.5. The number of carbonyl (C=O) groups is 1. The van der Waals surface area contributed by atoms with Crippen LogP contribution in [0.25, 0.3) is 0 Å². The number of hydrogen-bond donors (Lipinski definition) is 2. The van der Waals surface area contributed by atoms with Crippen LogP contribution in [0, 0.1) is 0 Å². The third-order valence-electron chi connectivity index (χ3n) is 3.62. The van der Waals surface area contributed by atoms with Crippen molar-refractivity contribution in [2.75, 3.05) is 31.5 Å². The molecule has 2 rings (SSSR count). The van der Waals surface area contributed by atoms with Crippen LogP contribution in [0.3, 0.4) is 0 Å². The number of alkyl halides is 3. The van der Waals surface area contributed by atoms with E-state index in [9.17, 15) is 18.0 Å². The summed E-state index contributed by atoms with van der Waals surface area (Å²) < 4.78 is 37.6. The lowest BCUT2D eigenvalue weighted by atomic mass is 10.2. The van der Waals surface area contributed by atoms with E-state index in [1.54, 1.807) is 4.90 Å². The van der Waals surface area contributed by atoms with Crippen LogP contribution in [0.5, 0.6) is 0 Å². The van der Waals surface area contributed by atoms with E-state index >= 15 is 0 Å². The van der Waals surface area contributed by atoms with Crippen molar-refractivity contribution < 1.29 is 18.0 Å². The summed E-state index contributed by atoms with van der Waals surface area (Å²) in [6, 6.07) is 0.945. The number of nitrogens with zero attached hydrogens (tertiary/aromatic N) is 2. The number of halogens is 4. The quantitative estimate of drug-likeness (QED) is 0.875. The number of hydrogen-bond acceptors (Lipinski definition) is 4. The SMILES string of the molecule is CC1CNCCN1C(=O)CCNc1ncc(C(F)(F)F)cc1Cl. The monoisotopic (exact) mass is 350 g/mol. The number of anilines is 1.